The second-order valence-electron chi connectivity index (χ2n) is 8.82. The number of H-pyrrole nitrogens is 1. The van der Waals surface area contributed by atoms with Crippen molar-refractivity contribution in [1.29, 1.82) is 0 Å². The quantitative estimate of drug-likeness (QED) is 0.641. The minimum atomic E-state index is -0.168. The van der Waals surface area contributed by atoms with Crippen molar-refractivity contribution in [2.24, 2.45) is 0 Å². The average Bonchev–Trinajstić information content (AvgIpc) is 3.57. The molecule has 0 unspecified atom stereocenters. The highest BCUT2D eigenvalue weighted by Gasteiger charge is 2.51. The number of nitrogens with zero attached hydrogens (tertiary/aromatic N) is 4. The Morgan fingerprint density at radius 1 is 1.19 bits per heavy atom. The molecular formula is C24H28N6O2. The zero-order valence-corrected chi connectivity index (χ0v) is 18.5. The number of hydrogen-bond acceptors (Lipinski definition) is 6. The van der Waals surface area contributed by atoms with Gasteiger partial charge in [-0.2, -0.15) is 0 Å². The summed E-state index contributed by atoms with van der Waals surface area (Å²) in [5.41, 5.74) is 5.14. The van der Waals surface area contributed by atoms with Crippen molar-refractivity contribution >= 4 is 22.6 Å². The molecule has 2 N–H and O–H groups in total. The van der Waals surface area contributed by atoms with Crippen LogP contribution in [0.15, 0.2) is 41.5 Å². The molecule has 32 heavy (non-hydrogen) atoms. The zero-order chi connectivity index (χ0) is 22.3. The fraction of sp³-hybridized carbons (Fsp3) is 0.417. The number of amides is 1. The number of fused-ring (bicyclic) bond motifs is 1. The summed E-state index contributed by atoms with van der Waals surface area (Å²) >= 11 is 0. The van der Waals surface area contributed by atoms with Crippen LogP contribution in [0.3, 0.4) is 0 Å². The molecule has 1 aliphatic heterocycles. The van der Waals surface area contributed by atoms with Gasteiger partial charge in [0.1, 0.15) is 5.69 Å². The average molecular weight is 433 g/mol. The van der Waals surface area contributed by atoms with Crippen molar-refractivity contribution in [3.05, 3.63) is 63.8 Å². The number of rotatable bonds is 5. The third-order valence-electron chi connectivity index (χ3n) is 6.69. The Labute approximate surface area is 186 Å². The number of hydrogen-bond donors (Lipinski definition) is 2. The summed E-state index contributed by atoms with van der Waals surface area (Å²) in [4.78, 5) is 40.8. The van der Waals surface area contributed by atoms with E-state index in [1.54, 1.807) is 13.1 Å². The van der Waals surface area contributed by atoms with Crippen LogP contribution in [0, 0.1) is 0 Å². The van der Waals surface area contributed by atoms with E-state index in [0.29, 0.717) is 12.1 Å². The molecule has 1 saturated heterocycles. The number of pyridine rings is 3. The second kappa shape index (κ2) is 8.02. The third kappa shape index (κ3) is 3.75. The molecule has 1 saturated carbocycles. The lowest BCUT2D eigenvalue weighted by Gasteiger charge is -2.43. The maximum atomic E-state index is 12.2. The Kier molecular flexibility index (Phi) is 5.17. The van der Waals surface area contributed by atoms with E-state index in [9.17, 15) is 9.59 Å². The van der Waals surface area contributed by atoms with Crippen LogP contribution in [0.1, 0.15) is 41.4 Å². The van der Waals surface area contributed by atoms with Crippen LogP contribution in [0.4, 0.5) is 5.69 Å². The molecule has 166 valence electrons. The first-order valence-corrected chi connectivity index (χ1v) is 11.2. The van der Waals surface area contributed by atoms with Gasteiger partial charge in [-0.25, -0.2) is 4.98 Å². The van der Waals surface area contributed by atoms with Gasteiger partial charge in [-0.1, -0.05) is 6.92 Å². The van der Waals surface area contributed by atoms with Gasteiger partial charge in [-0.05, 0) is 49.1 Å². The lowest BCUT2D eigenvalue weighted by molar-refractivity contribution is 0.0958. The van der Waals surface area contributed by atoms with E-state index in [-0.39, 0.29) is 17.0 Å². The van der Waals surface area contributed by atoms with Crippen LogP contribution >= 0.6 is 0 Å². The largest absolute Gasteiger partial charge is 0.362 e. The van der Waals surface area contributed by atoms with Gasteiger partial charge in [0.2, 0.25) is 0 Å². The van der Waals surface area contributed by atoms with Crippen molar-refractivity contribution < 1.29 is 4.79 Å². The van der Waals surface area contributed by atoms with E-state index in [2.05, 4.69) is 36.1 Å². The summed E-state index contributed by atoms with van der Waals surface area (Å²) in [5.74, 6) is -0.168. The van der Waals surface area contributed by atoms with Crippen molar-refractivity contribution in [2.75, 3.05) is 31.6 Å². The van der Waals surface area contributed by atoms with Crippen LogP contribution in [0.2, 0.25) is 0 Å². The normalized spacial score (nSPS) is 17.6. The Morgan fingerprint density at radius 3 is 2.72 bits per heavy atom. The van der Waals surface area contributed by atoms with Crippen molar-refractivity contribution in [3.63, 3.8) is 0 Å². The molecule has 2 aliphatic rings. The summed E-state index contributed by atoms with van der Waals surface area (Å²) in [6.45, 7) is 5.61. The van der Waals surface area contributed by atoms with Crippen LogP contribution in [0.5, 0.6) is 0 Å². The number of nitrogens with one attached hydrogen (secondary N) is 2. The van der Waals surface area contributed by atoms with Gasteiger partial charge in [-0.3, -0.25) is 19.5 Å². The molecule has 1 aliphatic carbocycles. The van der Waals surface area contributed by atoms with E-state index in [1.807, 2.05) is 31.5 Å². The fourth-order valence-corrected chi connectivity index (χ4v) is 4.75. The highest BCUT2D eigenvalue weighted by Crippen LogP contribution is 2.46. The number of carbonyl (C=O) groups excluding carboxylic acids is 1. The predicted octanol–water partition coefficient (Wildman–Crippen LogP) is 2.09. The van der Waals surface area contributed by atoms with E-state index in [1.165, 1.54) is 0 Å². The monoisotopic (exact) mass is 432 g/mol. The SMILES string of the molecule is CCc1cc2ncc(CN3CCN(c4ccc(C(=O)NC)nc4)C4(CC4)C3)cc2[nH]c1=O. The van der Waals surface area contributed by atoms with Gasteiger partial charge >= 0.3 is 0 Å². The van der Waals surface area contributed by atoms with Gasteiger partial charge in [0, 0.05) is 45.0 Å². The van der Waals surface area contributed by atoms with Crippen LogP contribution in [-0.2, 0) is 13.0 Å². The molecule has 8 nitrogen and oxygen atoms in total. The van der Waals surface area contributed by atoms with Crippen LogP contribution in [0.25, 0.3) is 11.0 Å². The first-order chi connectivity index (χ1) is 15.5. The van der Waals surface area contributed by atoms with Crippen LogP contribution < -0.4 is 15.8 Å². The molecule has 0 atom stereocenters. The predicted molar refractivity (Wildman–Crippen MR) is 124 cm³/mol. The smallest absolute Gasteiger partial charge is 0.269 e. The summed E-state index contributed by atoms with van der Waals surface area (Å²) < 4.78 is 0. The van der Waals surface area contributed by atoms with E-state index < -0.39 is 0 Å². The van der Waals surface area contributed by atoms with Gasteiger partial charge in [0.05, 0.1) is 28.5 Å². The summed E-state index contributed by atoms with van der Waals surface area (Å²) in [6, 6.07) is 7.74. The molecular weight excluding hydrogens is 404 g/mol. The number of aromatic amines is 1. The Balaban J connectivity index is 1.30. The lowest BCUT2D eigenvalue weighted by Crippen LogP contribution is -2.54. The first kappa shape index (κ1) is 20.6. The molecule has 2 fully saturated rings. The summed E-state index contributed by atoms with van der Waals surface area (Å²) in [5, 5.41) is 2.61. The fourth-order valence-electron chi connectivity index (χ4n) is 4.75. The molecule has 0 aromatic carbocycles. The molecule has 0 radical (unpaired) electrons. The second-order valence-corrected chi connectivity index (χ2v) is 8.82. The van der Waals surface area contributed by atoms with Crippen molar-refractivity contribution in [1.82, 2.24) is 25.2 Å². The maximum absolute atomic E-state index is 12.2. The molecule has 1 amide bonds. The van der Waals surface area contributed by atoms with Gasteiger partial charge in [0.15, 0.2) is 0 Å². The Bertz CT molecular complexity index is 1220. The number of anilines is 1. The maximum Gasteiger partial charge on any atom is 0.269 e. The van der Waals surface area contributed by atoms with Gasteiger partial charge in [-0.15, -0.1) is 0 Å². The van der Waals surface area contributed by atoms with E-state index in [4.69, 9.17) is 0 Å². The summed E-state index contributed by atoms with van der Waals surface area (Å²) in [7, 11) is 1.61. The first-order valence-electron chi connectivity index (χ1n) is 11.2. The molecule has 3 aromatic heterocycles. The molecule has 5 rings (SSSR count). The standard InChI is InChI=1S/C24H28N6O2/c1-3-17-11-20-21(28-22(17)31)10-16(12-26-20)14-29-8-9-30(24(15-29)6-7-24)18-4-5-19(27-13-18)23(32)25-2/h4-5,10-13H,3,6-9,14-15H2,1-2H3,(H,25,32)(H,28,31). The number of carbonyl (C=O) groups is 1. The number of piperazine rings is 1. The van der Waals surface area contributed by atoms with Crippen LogP contribution in [-0.4, -0.2) is 58.0 Å². The minimum absolute atomic E-state index is 0.0273. The molecule has 8 heteroatoms. The van der Waals surface area contributed by atoms with Crippen molar-refractivity contribution in [2.45, 2.75) is 38.3 Å². The summed E-state index contributed by atoms with van der Waals surface area (Å²) in [6.07, 6.45) is 6.75. The third-order valence-corrected chi connectivity index (χ3v) is 6.69. The van der Waals surface area contributed by atoms with Gasteiger partial charge < -0.3 is 15.2 Å². The lowest BCUT2D eigenvalue weighted by atomic mass is 10.1. The number of aryl methyl sites for hydroxylation is 1. The number of aromatic nitrogens is 3. The topological polar surface area (TPSA) is 94.2 Å². The molecule has 0 bridgehead atoms. The molecule has 1 spiro atoms. The van der Waals surface area contributed by atoms with E-state index >= 15 is 0 Å². The van der Waals surface area contributed by atoms with E-state index in [0.717, 1.165) is 66.9 Å². The minimum Gasteiger partial charge on any atom is -0.362 e. The Morgan fingerprint density at radius 2 is 2.03 bits per heavy atom. The Hall–Kier alpha value is -3.26. The molecule has 4 heterocycles. The highest BCUT2D eigenvalue weighted by atomic mass is 16.1. The van der Waals surface area contributed by atoms with Crippen molar-refractivity contribution in [3.8, 4) is 0 Å². The highest BCUT2D eigenvalue weighted by molar-refractivity contribution is 5.92. The van der Waals surface area contributed by atoms with Gasteiger partial charge in [0.25, 0.3) is 11.5 Å². The molecule has 3 aromatic rings. The zero-order valence-electron chi connectivity index (χ0n) is 18.5.